The Morgan fingerprint density at radius 3 is 1.17 bits per heavy atom. The van der Waals surface area contributed by atoms with E-state index in [9.17, 15) is 19.5 Å². The maximum atomic E-state index is 12.3. The third-order valence-corrected chi connectivity index (χ3v) is 7.74. The molecule has 0 bridgehead atoms. The van der Waals surface area contributed by atoms with Crippen molar-refractivity contribution in [3.63, 3.8) is 0 Å². The summed E-state index contributed by atoms with van der Waals surface area (Å²) in [4.78, 5) is 36.1. The van der Waals surface area contributed by atoms with E-state index in [1.807, 2.05) is 0 Å². The van der Waals surface area contributed by atoms with Crippen LogP contribution in [0.3, 0.4) is 0 Å². The van der Waals surface area contributed by atoms with Crippen LogP contribution in [0.5, 0.6) is 0 Å². The van der Waals surface area contributed by atoms with Crippen LogP contribution in [0.4, 0.5) is 0 Å². The van der Waals surface area contributed by atoms with Gasteiger partial charge >= 0.3 is 5.97 Å². The smallest absolute Gasteiger partial charge is 0.326 e. The maximum absolute atomic E-state index is 12.3. The molecule has 0 aliphatic rings. The molecule has 0 spiro atoms. The van der Waals surface area contributed by atoms with Crippen LogP contribution < -0.4 is 10.6 Å². The van der Waals surface area contributed by atoms with E-state index in [4.69, 9.17) is 0 Å². The van der Waals surface area contributed by atoms with E-state index in [0.29, 0.717) is 45.1 Å². The van der Waals surface area contributed by atoms with Crippen LogP contribution in [0.25, 0.3) is 0 Å². The second-order valence-corrected chi connectivity index (χ2v) is 12.5. The Balaban J connectivity index is 3.86. The number of allylic oxidation sites excluding steroid dienone is 20. The molecule has 0 fully saturated rings. The largest absolute Gasteiger partial charge is 0.480 e. The van der Waals surface area contributed by atoms with Crippen LogP contribution in [0.1, 0.15) is 136 Å². The summed E-state index contributed by atoms with van der Waals surface area (Å²) < 4.78 is 0. The lowest BCUT2D eigenvalue weighted by molar-refractivity contribution is -0.142. The molecule has 6 heteroatoms. The van der Waals surface area contributed by atoms with Gasteiger partial charge in [0.15, 0.2) is 0 Å². The Morgan fingerprint density at radius 1 is 0.462 bits per heavy atom. The number of unbranched alkanes of at least 4 members (excludes halogenated alkanes) is 3. The Morgan fingerprint density at radius 2 is 0.808 bits per heavy atom. The molecule has 6 nitrogen and oxygen atoms in total. The average Bonchev–Trinajstić information content (AvgIpc) is 3.13. The van der Waals surface area contributed by atoms with E-state index >= 15 is 0 Å². The number of hydrogen-bond acceptors (Lipinski definition) is 3. The Labute approximate surface area is 317 Å². The molecule has 0 aromatic rings. The maximum Gasteiger partial charge on any atom is 0.326 e. The number of hydrogen-bond donors (Lipinski definition) is 3. The average molecular weight is 715 g/mol. The normalized spacial score (nSPS) is 13.4. The molecule has 0 radical (unpaired) electrons. The van der Waals surface area contributed by atoms with Gasteiger partial charge in [-0.1, -0.05) is 135 Å². The predicted octanol–water partition coefficient (Wildman–Crippen LogP) is 11.7. The van der Waals surface area contributed by atoms with Gasteiger partial charge in [0.2, 0.25) is 11.8 Å². The molecule has 0 aromatic heterocycles. The molecular formula is C46H70N2O4. The van der Waals surface area contributed by atoms with Crippen molar-refractivity contribution in [2.45, 2.75) is 142 Å². The highest BCUT2D eigenvalue weighted by Crippen LogP contribution is 2.05. The first kappa shape index (κ1) is 47.8. The van der Waals surface area contributed by atoms with Crippen molar-refractivity contribution >= 4 is 17.8 Å². The molecule has 0 saturated carbocycles. The van der Waals surface area contributed by atoms with Gasteiger partial charge in [0, 0.05) is 19.4 Å². The fourth-order valence-corrected chi connectivity index (χ4v) is 4.81. The van der Waals surface area contributed by atoms with Gasteiger partial charge in [-0.2, -0.15) is 0 Å². The van der Waals surface area contributed by atoms with Crippen molar-refractivity contribution in [1.29, 1.82) is 0 Å². The highest BCUT2D eigenvalue weighted by molar-refractivity contribution is 5.83. The summed E-state index contributed by atoms with van der Waals surface area (Å²) in [5, 5.41) is 15.1. The first-order valence-corrected chi connectivity index (χ1v) is 19.8. The lowest BCUT2D eigenvalue weighted by Gasteiger charge is -2.14. The summed E-state index contributed by atoms with van der Waals surface area (Å²) >= 11 is 0. The van der Waals surface area contributed by atoms with Crippen molar-refractivity contribution < 1.29 is 19.5 Å². The molecular weight excluding hydrogens is 645 g/mol. The highest BCUT2D eigenvalue weighted by atomic mass is 16.4. The summed E-state index contributed by atoms with van der Waals surface area (Å²) in [6.45, 7) is 4.79. The molecule has 0 aromatic carbocycles. The van der Waals surface area contributed by atoms with Crippen LogP contribution >= 0.6 is 0 Å². The molecule has 1 atom stereocenters. The number of carboxylic acids is 1. The Hall–Kier alpha value is -4.19. The minimum Gasteiger partial charge on any atom is -0.480 e. The minimum atomic E-state index is -1.02. The third kappa shape index (κ3) is 37.1. The molecule has 0 aliphatic carbocycles. The summed E-state index contributed by atoms with van der Waals surface area (Å²) in [5.74, 6) is -1.24. The van der Waals surface area contributed by atoms with E-state index in [1.54, 1.807) is 0 Å². The predicted molar refractivity (Wildman–Crippen MR) is 223 cm³/mol. The Kier molecular flexibility index (Phi) is 36.4. The summed E-state index contributed by atoms with van der Waals surface area (Å²) in [7, 11) is 0. The molecule has 0 aliphatic heterocycles. The summed E-state index contributed by atoms with van der Waals surface area (Å²) in [6.07, 6.45) is 58.5. The Bertz CT molecular complexity index is 1200. The van der Waals surface area contributed by atoms with Gasteiger partial charge in [-0.25, -0.2) is 4.79 Å². The van der Waals surface area contributed by atoms with Gasteiger partial charge in [-0.15, -0.1) is 0 Å². The van der Waals surface area contributed by atoms with E-state index < -0.39 is 12.0 Å². The second kappa shape index (κ2) is 39.6. The van der Waals surface area contributed by atoms with E-state index in [0.717, 1.165) is 83.5 Å². The van der Waals surface area contributed by atoms with Crippen LogP contribution in [-0.4, -0.2) is 35.5 Å². The van der Waals surface area contributed by atoms with Crippen LogP contribution in [0.2, 0.25) is 0 Å². The fourth-order valence-electron chi connectivity index (χ4n) is 4.81. The number of amides is 2. The summed E-state index contributed by atoms with van der Waals surface area (Å²) in [5.41, 5.74) is 0. The van der Waals surface area contributed by atoms with Gasteiger partial charge in [-0.3, -0.25) is 9.59 Å². The first-order valence-electron chi connectivity index (χ1n) is 19.8. The molecule has 0 unspecified atom stereocenters. The van der Waals surface area contributed by atoms with Crippen LogP contribution in [-0.2, 0) is 14.4 Å². The molecule has 0 saturated heterocycles. The zero-order chi connectivity index (χ0) is 38.0. The van der Waals surface area contributed by atoms with E-state index in [1.165, 1.54) is 0 Å². The van der Waals surface area contributed by atoms with E-state index in [-0.39, 0.29) is 11.8 Å². The molecule has 3 N–H and O–H groups in total. The summed E-state index contributed by atoms with van der Waals surface area (Å²) in [6, 6.07) is -0.902. The number of carboxylic acid groups (broad SMARTS) is 1. The molecule has 2 amide bonds. The number of carbonyl (C=O) groups is 3. The number of aliphatic carboxylic acids is 1. The lowest BCUT2D eigenvalue weighted by atomic mass is 10.1. The quantitative estimate of drug-likeness (QED) is 0.0466. The fraction of sp³-hybridized carbons (Fsp3) is 0.500. The minimum absolute atomic E-state index is 0.0166. The first-order chi connectivity index (χ1) is 25.5. The van der Waals surface area contributed by atoms with Gasteiger partial charge in [-0.05, 0) is 109 Å². The van der Waals surface area contributed by atoms with Crippen molar-refractivity contribution in [3.8, 4) is 0 Å². The van der Waals surface area contributed by atoms with Gasteiger partial charge < -0.3 is 15.7 Å². The van der Waals surface area contributed by atoms with Crippen LogP contribution in [0.15, 0.2) is 122 Å². The standard InChI is InChI=1S/C46H70N2O4/c1-3-5-7-9-11-13-15-17-19-21-23-25-27-29-31-33-35-40-44(49)47-42-38-37-39-43(46(51)52)48-45(50)41-36-34-32-30-28-26-24-22-20-18-16-14-12-10-8-6-4-2/h5-8,11-14,17-20,23-26,29-32,43H,3-4,9-10,15-16,21-22,27-28,33-42H2,1-2H3,(H,47,49)(H,48,50)(H,51,52)/b7-5-,8-6-,13-11-,14-12-,19-17-,20-18-,25-23-,26-24-,31-29-,32-30-/t43-/m0/s1. The number of carbonyl (C=O) groups excluding carboxylic acids is 2. The zero-order valence-corrected chi connectivity index (χ0v) is 32.4. The van der Waals surface area contributed by atoms with Crippen molar-refractivity contribution in [2.75, 3.05) is 6.54 Å². The van der Waals surface area contributed by atoms with Gasteiger partial charge in [0.05, 0.1) is 0 Å². The molecule has 288 valence electrons. The van der Waals surface area contributed by atoms with Crippen molar-refractivity contribution in [3.05, 3.63) is 122 Å². The molecule has 52 heavy (non-hydrogen) atoms. The zero-order valence-electron chi connectivity index (χ0n) is 32.4. The molecule has 0 heterocycles. The monoisotopic (exact) mass is 715 g/mol. The van der Waals surface area contributed by atoms with Crippen LogP contribution in [0, 0.1) is 0 Å². The topological polar surface area (TPSA) is 95.5 Å². The SMILES string of the molecule is CC/C=C\C/C=C\C/C=C\C/C=C\C/C=C\CCCC(=O)NCCCC[C@H](NC(=O)CCC/C=C\C/C=C\C/C=C\C/C=C\C/C=C\CC)C(=O)O. The van der Waals surface area contributed by atoms with Gasteiger partial charge in [0.25, 0.3) is 0 Å². The highest BCUT2D eigenvalue weighted by Gasteiger charge is 2.19. The third-order valence-electron chi connectivity index (χ3n) is 7.74. The number of rotatable bonds is 33. The van der Waals surface area contributed by atoms with Gasteiger partial charge in [0.1, 0.15) is 6.04 Å². The van der Waals surface area contributed by atoms with Crippen molar-refractivity contribution in [1.82, 2.24) is 10.6 Å². The molecule has 0 rings (SSSR count). The lowest BCUT2D eigenvalue weighted by Crippen LogP contribution is -2.40. The van der Waals surface area contributed by atoms with Crippen molar-refractivity contribution in [2.24, 2.45) is 0 Å². The van der Waals surface area contributed by atoms with E-state index in [2.05, 4.69) is 146 Å². The number of nitrogens with one attached hydrogen (secondary N) is 2. The second-order valence-electron chi connectivity index (χ2n) is 12.5.